The summed E-state index contributed by atoms with van der Waals surface area (Å²) >= 11 is 11.6. The normalized spacial score (nSPS) is 11.5. The molecule has 1 aromatic carbocycles. The van der Waals surface area contributed by atoms with Crippen LogP contribution in [0.5, 0.6) is 0 Å². The molecule has 0 aliphatic carbocycles. The smallest absolute Gasteiger partial charge is 0.251 e. The summed E-state index contributed by atoms with van der Waals surface area (Å²) in [6.07, 6.45) is -2.43. The highest BCUT2D eigenvalue weighted by atomic mass is 35.5. The molecule has 0 saturated carbocycles. The molecule has 0 amide bonds. The van der Waals surface area contributed by atoms with Gasteiger partial charge in [0.25, 0.3) is 6.43 Å². The minimum Gasteiger partial charge on any atom is -0.395 e. The van der Waals surface area contributed by atoms with E-state index in [1.165, 1.54) is 4.90 Å². The summed E-state index contributed by atoms with van der Waals surface area (Å²) < 4.78 is 24.6. The minimum absolute atomic E-state index is 0.159. The van der Waals surface area contributed by atoms with Crippen molar-refractivity contribution >= 4 is 23.2 Å². The molecular weight excluding hydrogens is 271 g/mol. The molecule has 6 heteroatoms. The summed E-state index contributed by atoms with van der Waals surface area (Å²) in [6, 6.07) is 4.99. The maximum atomic E-state index is 12.3. The third-order valence-corrected chi connectivity index (χ3v) is 2.94. The van der Waals surface area contributed by atoms with Gasteiger partial charge in [0.15, 0.2) is 0 Å². The molecule has 1 aromatic rings. The topological polar surface area (TPSA) is 23.5 Å². The summed E-state index contributed by atoms with van der Waals surface area (Å²) in [7, 11) is 0. The van der Waals surface area contributed by atoms with Crippen molar-refractivity contribution in [1.29, 1.82) is 0 Å². The van der Waals surface area contributed by atoms with Crippen LogP contribution in [0.3, 0.4) is 0 Å². The first kappa shape index (κ1) is 14.6. The van der Waals surface area contributed by atoms with Crippen LogP contribution in [0, 0.1) is 0 Å². The number of aliphatic hydroxyl groups excluding tert-OH is 1. The molecule has 0 aromatic heterocycles. The molecule has 0 atom stereocenters. The standard InChI is InChI=1S/C11H13Cl2F2NO/c12-9-2-1-8(5-10(9)13)6-16(3-4-17)7-11(14)15/h1-2,5,11,17H,3-4,6-7H2. The third-order valence-electron chi connectivity index (χ3n) is 2.20. The molecule has 0 aliphatic rings. The maximum Gasteiger partial charge on any atom is 0.251 e. The van der Waals surface area contributed by atoms with Crippen LogP contribution in [0.25, 0.3) is 0 Å². The van der Waals surface area contributed by atoms with E-state index < -0.39 is 6.43 Å². The predicted octanol–water partition coefficient (Wildman–Crippen LogP) is 3.05. The minimum atomic E-state index is -2.43. The van der Waals surface area contributed by atoms with Crippen LogP contribution in [0.1, 0.15) is 5.56 Å². The van der Waals surface area contributed by atoms with E-state index >= 15 is 0 Å². The number of rotatable bonds is 6. The molecule has 0 bridgehead atoms. The number of benzene rings is 1. The van der Waals surface area contributed by atoms with E-state index in [0.29, 0.717) is 16.6 Å². The van der Waals surface area contributed by atoms with E-state index in [1.54, 1.807) is 18.2 Å². The van der Waals surface area contributed by atoms with Crippen LogP contribution in [0.15, 0.2) is 18.2 Å². The fraction of sp³-hybridized carbons (Fsp3) is 0.455. The number of nitrogens with zero attached hydrogens (tertiary/aromatic N) is 1. The van der Waals surface area contributed by atoms with Crippen molar-refractivity contribution in [3.05, 3.63) is 33.8 Å². The highest BCUT2D eigenvalue weighted by molar-refractivity contribution is 6.42. The molecule has 96 valence electrons. The van der Waals surface area contributed by atoms with E-state index in [-0.39, 0.29) is 19.7 Å². The van der Waals surface area contributed by atoms with Crippen molar-refractivity contribution in [2.24, 2.45) is 0 Å². The summed E-state index contributed by atoms with van der Waals surface area (Å²) in [5, 5.41) is 9.61. The lowest BCUT2D eigenvalue weighted by Crippen LogP contribution is -2.31. The number of hydrogen-bond donors (Lipinski definition) is 1. The molecular formula is C11H13Cl2F2NO. The number of alkyl halides is 2. The van der Waals surface area contributed by atoms with Crippen molar-refractivity contribution in [1.82, 2.24) is 4.90 Å². The van der Waals surface area contributed by atoms with Crippen molar-refractivity contribution < 1.29 is 13.9 Å². The molecule has 17 heavy (non-hydrogen) atoms. The van der Waals surface area contributed by atoms with Crippen molar-refractivity contribution in [2.75, 3.05) is 19.7 Å². The highest BCUT2D eigenvalue weighted by Gasteiger charge is 2.12. The van der Waals surface area contributed by atoms with E-state index in [0.717, 1.165) is 5.56 Å². The van der Waals surface area contributed by atoms with E-state index in [4.69, 9.17) is 28.3 Å². The monoisotopic (exact) mass is 283 g/mol. The second-order valence-electron chi connectivity index (χ2n) is 3.60. The predicted molar refractivity (Wildman–Crippen MR) is 64.8 cm³/mol. The van der Waals surface area contributed by atoms with Crippen LogP contribution in [0.2, 0.25) is 10.0 Å². The Morgan fingerprint density at radius 2 is 1.94 bits per heavy atom. The summed E-state index contributed by atoms with van der Waals surface area (Å²) in [6.45, 7) is -0.0266. The number of hydrogen-bond acceptors (Lipinski definition) is 2. The fourth-order valence-corrected chi connectivity index (χ4v) is 1.79. The van der Waals surface area contributed by atoms with Gasteiger partial charge in [-0.2, -0.15) is 0 Å². The SMILES string of the molecule is OCCN(Cc1ccc(Cl)c(Cl)c1)CC(F)F. The van der Waals surface area contributed by atoms with Crippen LogP contribution >= 0.6 is 23.2 Å². The molecule has 0 heterocycles. The Balaban J connectivity index is 2.67. The van der Waals surface area contributed by atoms with Gasteiger partial charge in [0.05, 0.1) is 23.2 Å². The largest absolute Gasteiger partial charge is 0.395 e. The summed E-state index contributed by atoms with van der Waals surface area (Å²) in [4.78, 5) is 1.46. The fourth-order valence-electron chi connectivity index (χ4n) is 1.47. The molecule has 2 nitrogen and oxygen atoms in total. The quantitative estimate of drug-likeness (QED) is 0.868. The maximum absolute atomic E-state index is 12.3. The number of halogens is 4. The average Bonchev–Trinajstić information content (AvgIpc) is 2.23. The lowest BCUT2D eigenvalue weighted by molar-refractivity contribution is 0.0746. The zero-order valence-electron chi connectivity index (χ0n) is 9.04. The first-order valence-corrected chi connectivity index (χ1v) is 5.84. The second-order valence-corrected chi connectivity index (χ2v) is 4.41. The molecule has 1 rings (SSSR count). The van der Waals surface area contributed by atoms with Crippen LogP contribution < -0.4 is 0 Å². The lowest BCUT2D eigenvalue weighted by atomic mass is 10.2. The van der Waals surface area contributed by atoms with Crippen molar-refractivity contribution in [3.8, 4) is 0 Å². The van der Waals surface area contributed by atoms with Crippen molar-refractivity contribution in [2.45, 2.75) is 13.0 Å². The van der Waals surface area contributed by atoms with Gasteiger partial charge >= 0.3 is 0 Å². The Labute approximate surface area is 109 Å². The zero-order chi connectivity index (χ0) is 12.8. The van der Waals surface area contributed by atoms with Crippen LogP contribution in [-0.4, -0.2) is 36.1 Å². The Kier molecular flexibility index (Phi) is 6.12. The molecule has 0 unspecified atom stereocenters. The highest BCUT2D eigenvalue weighted by Crippen LogP contribution is 2.23. The Morgan fingerprint density at radius 1 is 1.24 bits per heavy atom. The zero-order valence-corrected chi connectivity index (χ0v) is 10.6. The van der Waals surface area contributed by atoms with Gasteiger partial charge in [-0.3, -0.25) is 4.90 Å². The van der Waals surface area contributed by atoms with Gasteiger partial charge in [-0.25, -0.2) is 8.78 Å². The summed E-state index contributed by atoms with van der Waals surface area (Å²) in [5.41, 5.74) is 0.786. The molecule has 0 saturated heterocycles. The van der Waals surface area contributed by atoms with E-state index in [1.807, 2.05) is 0 Å². The van der Waals surface area contributed by atoms with Gasteiger partial charge in [-0.15, -0.1) is 0 Å². The van der Waals surface area contributed by atoms with Gasteiger partial charge in [-0.1, -0.05) is 29.3 Å². The van der Waals surface area contributed by atoms with Crippen LogP contribution in [-0.2, 0) is 6.54 Å². The van der Waals surface area contributed by atoms with E-state index in [9.17, 15) is 8.78 Å². The van der Waals surface area contributed by atoms with Gasteiger partial charge < -0.3 is 5.11 Å². The van der Waals surface area contributed by atoms with Gasteiger partial charge in [0.1, 0.15) is 0 Å². The second kappa shape index (κ2) is 7.11. The first-order valence-electron chi connectivity index (χ1n) is 5.08. The molecule has 0 spiro atoms. The molecule has 0 fully saturated rings. The van der Waals surface area contributed by atoms with Gasteiger partial charge in [-0.05, 0) is 17.7 Å². The Bertz CT molecular complexity index is 363. The lowest BCUT2D eigenvalue weighted by Gasteiger charge is -2.20. The average molecular weight is 284 g/mol. The summed E-state index contributed by atoms with van der Waals surface area (Å²) in [5.74, 6) is 0. The third kappa shape index (κ3) is 5.17. The van der Waals surface area contributed by atoms with E-state index in [2.05, 4.69) is 0 Å². The molecule has 1 N–H and O–H groups in total. The van der Waals surface area contributed by atoms with Gasteiger partial charge in [0, 0.05) is 13.1 Å². The molecule has 0 radical (unpaired) electrons. The Morgan fingerprint density at radius 3 is 2.47 bits per heavy atom. The Hall–Kier alpha value is -0.420. The first-order chi connectivity index (χ1) is 8.02. The van der Waals surface area contributed by atoms with Crippen molar-refractivity contribution in [3.63, 3.8) is 0 Å². The van der Waals surface area contributed by atoms with Gasteiger partial charge in [0.2, 0.25) is 0 Å². The van der Waals surface area contributed by atoms with Crippen LogP contribution in [0.4, 0.5) is 8.78 Å². The molecule has 0 aliphatic heterocycles. The number of aliphatic hydroxyl groups is 1.